The van der Waals surface area contributed by atoms with E-state index in [0.717, 1.165) is 10.1 Å². The zero-order valence-electron chi connectivity index (χ0n) is 5.73. The summed E-state index contributed by atoms with van der Waals surface area (Å²) in [4.78, 5) is 3.98. The van der Waals surface area contributed by atoms with Gasteiger partial charge in [0.25, 0.3) is 0 Å². The largest absolute Gasteiger partial charge is 0.493 e. The van der Waals surface area contributed by atoms with E-state index < -0.39 is 0 Å². The van der Waals surface area contributed by atoms with Crippen LogP contribution in [0.1, 0.15) is 0 Å². The molecule has 2 heterocycles. The summed E-state index contributed by atoms with van der Waals surface area (Å²) in [6.45, 7) is 0. The molecule has 2 aromatic heterocycles. The Hall–Kier alpha value is -1.71. The fourth-order valence-electron chi connectivity index (χ4n) is 1.04. The lowest BCUT2D eigenvalue weighted by Crippen LogP contribution is -2.06. The van der Waals surface area contributed by atoms with Gasteiger partial charge in [0.1, 0.15) is 0 Å². The highest BCUT2D eigenvalue weighted by molar-refractivity contribution is 5.78. The van der Waals surface area contributed by atoms with Crippen LogP contribution in [0.15, 0.2) is 24.4 Å². The second-order valence-corrected chi connectivity index (χ2v) is 2.29. The molecule has 4 heteroatoms. The number of fused-ring (bicyclic) bond motifs is 1. The first kappa shape index (κ1) is 6.03. The molecular weight excluding hydrogens is 142 g/mol. The van der Waals surface area contributed by atoms with Gasteiger partial charge in [-0.15, -0.1) is 0 Å². The van der Waals surface area contributed by atoms with Crippen LogP contribution in [0, 0.1) is 0 Å². The van der Waals surface area contributed by atoms with Crippen molar-refractivity contribution in [2.24, 2.45) is 0 Å². The zero-order valence-corrected chi connectivity index (χ0v) is 5.73. The number of rotatable bonds is 0. The van der Waals surface area contributed by atoms with Crippen LogP contribution < -0.4 is 5.84 Å². The van der Waals surface area contributed by atoms with Crippen LogP contribution in [-0.2, 0) is 0 Å². The lowest BCUT2D eigenvalue weighted by molar-refractivity contribution is 0.440. The highest BCUT2D eigenvalue weighted by Gasteiger charge is 2.03. The SMILES string of the molecule is Nn1c(O)cc2cccnc21. The van der Waals surface area contributed by atoms with Crippen LogP contribution in [0.2, 0.25) is 0 Å². The highest BCUT2D eigenvalue weighted by Crippen LogP contribution is 2.18. The van der Waals surface area contributed by atoms with Gasteiger partial charge in [0.05, 0.1) is 0 Å². The summed E-state index contributed by atoms with van der Waals surface area (Å²) in [5, 5.41) is 9.98. The van der Waals surface area contributed by atoms with E-state index in [1.54, 1.807) is 18.3 Å². The molecule has 0 unspecified atom stereocenters. The number of hydrogen-bond donors (Lipinski definition) is 2. The van der Waals surface area contributed by atoms with Crippen molar-refractivity contribution in [2.75, 3.05) is 5.84 Å². The minimum atomic E-state index is 0.0266. The smallest absolute Gasteiger partial charge is 0.212 e. The van der Waals surface area contributed by atoms with Gasteiger partial charge in [-0.2, -0.15) is 0 Å². The first-order chi connectivity index (χ1) is 5.29. The standard InChI is InChI=1S/C7H7N3O/c8-10-6(11)4-5-2-1-3-9-7(5)10/h1-4,11H,8H2. The molecule has 3 N–H and O–H groups in total. The minimum absolute atomic E-state index is 0.0266. The average molecular weight is 149 g/mol. The van der Waals surface area contributed by atoms with E-state index >= 15 is 0 Å². The van der Waals surface area contributed by atoms with E-state index in [2.05, 4.69) is 4.98 Å². The third-order valence-electron chi connectivity index (χ3n) is 1.58. The minimum Gasteiger partial charge on any atom is -0.493 e. The van der Waals surface area contributed by atoms with Gasteiger partial charge in [-0.05, 0) is 12.1 Å². The van der Waals surface area contributed by atoms with Crippen molar-refractivity contribution < 1.29 is 5.11 Å². The molecule has 0 spiro atoms. The van der Waals surface area contributed by atoms with Gasteiger partial charge in [-0.1, -0.05) is 0 Å². The van der Waals surface area contributed by atoms with E-state index in [1.165, 1.54) is 0 Å². The number of nitrogens with zero attached hydrogens (tertiary/aromatic N) is 2. The van der Waals surface area contributed by atoms with Crippen LogP contribution in [0.25, 0.3) is 11.0 Å². The van der Waals surface area contributed by atoms with E-state index in [9.17, 15) is 0 Å². The number of nitrogen functional groups attached to an aromatic ring is 1. The normalized spacial score (nSPS) is 10.5. The summed E-state index contributed by atoms with van der Waals surface area (Å²) in [5.41, 5.74) is 0.588. The zero-order chi connectivity index (χ0) is 7.84. The maximum Gasteiger partial charge on any atom is 0.212 e. The van der Waals surface area contributed by atoms with Gasteiger partial charge in [0, 0.05) is 17.6 Å². The molecule has 0 radical (unpaired) electrons. The Bertz CT molecular complexity index is 393. The fraction of sp³-hybridized carbons (Fsp3) is 0. The van der Waals surface area contributed by atoms with Crippen molar-refractivity contribution in [1.29, 1.82) is 0 Å². The van der Waals surface area contributed by atoms with E-state index in [-0.39, 0.29) is 5.88 Å². The molecule has 0 amide bonds. The molecule has 0 saturated heterocycles. The molecule has 2 aromatic rings. The number of nitrogens with two attached hydrogens (primary N) is 1. The molecule has 56 valence electrons. The van der Waals surface area contributed by atoms with Crippen LogP contribution >= 0.6 is 0 Å². The first-order valence-electron chi connectivity index (χ1n) is 3.19. The van der Waals surface area contributed by atoms with Crippen molar-refractivity contribution in [3.63, 3.8) is 0 Å². The molecule has 0 aromatic carbocycles. The fourth-order valence-corrected chi connectivity index (χ4v) is 1.04. The highest BCUT2D eigenvalue weighted by atomic mass is 16.3. The van der Waals surface area contributed by atoms with Crippen molar-refractivity contribution in [3.05, 3.63) is 24.4 Å². The van der Waals surface area contributed by atoms with E-state index in [1.807, 2.05) is 6.07 Å². The number of hydrogen-bond acceptors (Lipinski definition) is 3. The average Bonchev–Trinajstić information content (AvgIpc) is 2.30. The van der Waals surface area contributed by atoms with Crippen LogP contribution in [0.4, 0.5) is 0 Å². The topological polar surface area (TPSA) is 64.1 Å². The second-order valence-electron chi connectivity index (χ2n) is 2.29. The van der Waals surface area contributed by atoms with Gasteiger partial charge >= 0.3 is 0 Å². The van der Waals surface area contributed by atoms with Crippen molar-refractivity contribution in [3.8, 4) is 5.88 Å². The summed E-state index contributed by atoms with van der Waals surface area (Å²) in [7, 11) is 0. The summed E-state index contributed by atoms with van der Waals surface area (Å²) in [5.74, 6) is 5.47. The van der Waals surface area contributed by atoms with E-state index in [4.69, 9.17) is 10.9 Å². The van der Waals surface area contributed by atoms with Crippen LogP contribution in [0.5, 0.6) is 5.88 Å². The van der Waals surface area contributed by atoms with Gasteiger partial charge in [0.2, 0.25) is 5.88 Å². The molecule has 4 nitrogen and oxygen atoms in total. The Morgan fingerprint density at radius 3 is 3.09 bits per heavy atom. The van der Waals surface area contributed by atoms with Crippen LogP contribution in [-0.4, -0.2) is 14.8 Å². The summed E-state index contributed by atoms with van der Waals surface area (Å²) < 4.78 is 1.15. The van der Waals surface area contributed by atoms with Gasteiger partial charge in [-0.3, -0.25) is 0 Å². The molecule has 0 aliphatic heterocycles. The Balaban J connectivity index is 2.92. The predicted octanol–water partition coefficient (Wildman–Crippen LogP) is 0.456. The van der Waals surface area contributed by atoms with E-state index in [0.29, 0.717) is 5.65 Å². The predicted molar refractivity (Wildman–Crippen MR) is 41.5 cm³/mol. The molecular formula is C7H7N3O. The number of aromatic nitrogens is 2. The maximum absolute atomic E-state index is 9.14. The first-order valence-corrected chi connectivity index (χ1v) is 3.19. The van der Waals surface area contributed by atoms with Gasteiger partial charge < -0.3 is 10.9 Å². The summed E-state index contributed by atoms with van der Waals surface area (Å²) in [6, 6.07) is 5.20. The van der Waals surface area contributed by atoms with Crippen LogP contribution in [0.3, 0.4) is 0 Å². The summed E-state index contributed by atoms with van der Waals surface area (Å²) >= 11 is 0. The number of pyridine rings is 1. The number of aromatic hydroxyl groups is 1. The lowest BCUT2D eigenvalue weighted by Gasteiger charge is -1.94. The lowest BCUT2D eigenvalue weighted by atomic mass is 10.3. The van der Waals surface area contributed by atoms with Gasteiger partial charge in [-0.25, -0.2) is 9.66 Å². The Morgan fingerprint density at radius 2 is 2.36 bits per heavy atom. The molecule has 0 aliphatic rings. The monoisotopic (exact) mass is 149 g/mol. The molecule has 11 heavy (non-hydrogen) atoms. The molecule has 2 rings (SSSR count). The molecule has 0 atom stereocenters. The Labute approximate surface area is 62.9 Å². The van der Waals surface area contributed by atoms with Crippen molar-refractivity contribution in [1.82, 2.24) is 9.66 Å². The third kappa shape index (κ3) is 0.724. The second kappa shape index (κ2) is 1.88. The quantitative estimate of drug-likeness (QED) is 0.535. The third-order valence-corrected chi connectivity index (χ3v) is 1.58. The maximum atomic E-state index is 9.14. The molecule has 0 aliphatic carbocycles. The van der Waals surface area contributed by atoms with Gasteiger partial charge in [0.15, 0.2) is 5.65 Å². The Morgan fingerprint density at radius 1 is 1.55 bits per heavy atom. The summed E-state index contributed by atoms with van der Waals surface area (Å²) in [6.07, 6.45) is 1.63. The van der Waals surface area contributed by atoms with Crippen molar-refractivity contribution >= 4 is 11.0 Å². The van der Waals surface area contributed by atoms with Crippen molar-refractivity contribution in [2.45, 2.75) is 0 Å². The Kier molecular flexibility index (Phi) is 1.03. The molecule has 0 bridgehead atoms. The molecule has 0 fully saturated rings. The molecule has 0 saturated carbocycles.